The molecule has 0 bridgehead atoms. The molecule has 0 aliphatic carbocycles. The van der Waals surface area contributed by atoms with Gasteiger partial charge in [0.05, 0.1) is 24.3 Å². The van der Waals surface area contributed by atoms with Gasteiger partial charge in [-0.25, -0.2) is 0 Å². The van der Waals surface area contributed by atoms with Crippen LogP contribution in [0.4, 0.5) is 0 Å². The van der Waals surface area contributed by atoms with Crippen LogP contribution in [0, 0.1) is 0 Å². The third-order valence-electron chi connectivity index (χ3n) is 2.45. The number of ether oxygens (including phenoxy) is 2. The van der Waals surface area contributed by atoms with Gasteiger partial charge < -0.3 is 14.6 Å². The highest BCUT2D eigenvalue weighted by Gasteiger charge is 2.38. The van der Waals surface area contributed by atoms with E-state index >= 15 is 0 Å². The first-order chi connectivity index (χ1) is 7.15. The Morgan fingerprint density at radius 2 is 2.27 bits per heavy atom. The molecule has 82 valence electrons. The Hall–Kier alpha value is -0.580. The lowest BCUT2D eigenvalue weighted by Gasteiger charge is -2.36. The minimum Gasteiger partial charge on any atom is -0.493 e. The van der Waals surface area contributed by atoms with Gasteiger partial charge in [-0.15, -0.1) is 0 Å². The van der Waals surface area contributed by atoms with Gasteiger partial charge in [0.25, 0.3) is 0 Å². The number of halogens is 1. The number of hydrogen-bond donors (Lipinski definition) is 1. The lowest BCUT2D eigenvalue weighted by molar-refractivity contribution is -0.184. The number of aliphatic hydroxyl groups is 1. The largest absolute Gasteiger partial charge is 0.493 e. The minimum absolute atomic E-state index is 0.361. The molecule has 1 saturated heterocycles. The molecule has 0 spiro atoms. The summed E-state index contributed by atoms with van der Waals surface area (Å²) in [6.45, 7) is 3.26. The van der Waals surface area contributed by atoms with Gasteiger partial charge in [0, 0.05) is 0 Å². The van der Waals surface area contributed by atoms with Gasteiger partial charge in [0.1, 0.15) is 11.4 Å². The Morgan fingerprint density at radius 3 is 2.80 bits per heavy atom. The second-order valence-corrected chi connectivity index (χ2v) is 4.46. The molecule has 15 heavy (non-hydrogen) atoms. The van der Waals surface area contributed by atoms with E-state index in [4.69, 9.17) is 9.47 Å². The first-order valence-corrected chi connectivity index (χ1v) is 5.68. The third-order valence-corrected chi connectivity index (χ3v) is 3.11. The molecule has 4 heteroatoms. The van der Waals surface area contributed by atoms with E-state index in [2.05, 4.69) is 15.9 Å². The molecule has 0 radical (unpaired) electrons. The predicted molar refractivity (Wildman–Crippen MR) is 60.0 cm³/mol. The summed E-state index contributed by atoms with van der Waals surface area (Å²) in [6.07, 6.45) is 0. The number of benzene rings is 1. The zero-order valence-corrected chi connectivity index (χ0v) is 10.1. The van der Waals surface area contributed by atoms with Crippen molar-refractivity contribution in [1.82, 2.24) is 0 Å². The van der Waals surface area contributed by atoms with Crippen LogP contribution in [0.5, 0.6) is 5.75 Å². The average molecular weight is 273 g/mol. The van der Waals surface area contributed by atoms with Crippen molar-refractivity contribution < 1.29 is 14.6 Å². The van der Waals surface area contributed by atoms with E-state index in [9.17, 15) is 5.11 Å². The Bertz CT molecular complexity index is 361. The summed E-state index contributed by atoms with van der Waals surface area (Å²) < 4.78 is 11.4. The van der Waals surface area contributed by atoms with E-state index in [1.807, 2.05) is 25.1 Å². The maximum atomic E-state index is 10.1. The molecule has 3 nitrogen and oxygen atoms in total. The molecule has 2 rings (SSSR count). The van der Waals surface area contributed by atoms with E-state index < -0.39 is 5.60 Å². The monoisotopic (exact) mass is 272 g/mol. The van der Waals surface area contributed by atoms with Crippen LogP contribution in [0.15, 0.2) is 22.7 Å². The van der Waals surface area contributed by atoms with Crippen molar-refractivity contribution in [1.29, 1.82) is 0 Å². The second kappa shape index (κ2) is 4.12. The second-order valence-electron chi connectivity index (χ2n) is 3.60. The topological polar surface area (TPSA) is 38.7 Å². The van der Waals surface area contributed by atoms with Crippen LogP contribution in [-0.2, 0) is 10.3 Å². The summed E-state index contributed by atoms with van der Waals surface area (Å²) >= 11 is 3.40. The van der Waals surface area contributed by atoms with E-state index in [-0.39, 0.29) is 0 Å². The zero-order valence-electron chi connectivity index (χ0n) is 8.50. The van der Waals surface area contributed by atoms with Gasteiger partial charge in [-0.2, -0.15) is 0 Å². The Morgan fingerprint density at radius 1 is 1.53 bits per heavy atom. The van der Waals surface area contributed by atoms with Crippen LogP contribution < -0.4 is 4.74 Å². The molecular weight excluding hydrogens is 260 g/mol. The van der Waals surface area contributed by atoms with Crippen LogP contribution >= 0.6 is 15.9 Å². The van der Waals surface area contributed by atoms with Gasteiger partial charge >= 0.3 is 0 Å². The smallest absolute Gasteiger partial charge is 0.136 e. The number of rotatable bonds is 3. The molecule has 1 aliphatic rings. The van der Waals surface area contributed by atoms with Gasteiger partial charge in [-0.3, -0.25) is 0 Å². The zero-order chi connectivity index (χ0) is 10.9. The van der Waals surface area contributed by atoms with Crippen molar-refractivity contribution in [2.45, 2.75) is 12.5 Å². The van der Waals surface area contributed by atoms with Crippen molar-refractivity contribution in [2.75, 3.05) is 19.8 Å². The van der Waals surface area contributed by atoms with E-state index in [0.29, 0.717) is 19.8 Å². The van der Waals surface area contributed by atoms with Crippen LogP contribution in [0.3, 0.4) is 0 Å². The summed E-state index contributed by atoms with van der Waals surface area (Å²) in [5, 5.41) is 10.1. The highest BCUT2D eigenvalue weighted by molar-refractivity contribution is 9.10. The van der Waals surface area contributed by atoms with Crippen molar-refractivity contribution in [3.63, 3.8) is 0 Å². The minimum atomic E-state index is -0.827. The van der Waals surface area contributed by atoms with Gasteiger partial charge in [-0.05, 0) is 40.5 Å². The maximum Gasteiger partial charge on any atom is 0.136 e. The van der Waals surface area contributed by atoms with Crippen molar-refractivity contribution in [3.8, 4) is 5.75 Å². The predicted octanol–water partition coefficient (Wildman–Crippen LogP) is 2.07. The highest BCUT2D eigenvalue weighted by Crippen LogP contribution is 2.34. The summed E-state index contributed by atoms with van der Waals surface area (Å²) in [6, 6.07) is 5.63. The SMILES string of the molecule is CCOc1cc(C2(O)COC2)ccc1Br. The van der Waals surface area contributed by atoms with Crippen LogP contribution in [-0.4, -0.2) is 24.9 Å². The summed E-state index contributed by atoms with van der Waals surface area (Å²) in [5.41, 5.74) is 0.0208. The summed E-state index contributed by atoms with van der Waals surface area (Å²) in [7, 11) is 0. The van der Waals surface area contributed by atoms with Gasteiger partial charge in [-0.1, -0.05) is 6.07 Å². The average Bonchev–Trinajstić information content (AvgIpc) is 2.18. The Labute approximate surface area is 97.1 Å². The van der Waals surface area contributed by atoms with Gasteiger partial charge in [0.15, 0.2) is 0 Å². The lowest BCUT2D eigenvalue weighted by Crippen LogP contribution is -2.46. The molecule has 0 unspecified atom stereocenters. The van der Waals surface area contributed by atoms with E-state index in [1.165, 1.54) is 0 Å². The molecule has 0 saturated carbocycles. The fourth-order valence-corrected chi connectivity index (χ4v) is 1.88. The molecule has 1 N–H and O–H groups in total. The maximum absolute atomic E-state index is 10.1. The fourth-order valence-electron chi connectivity index (χ4n) is 1.52. The molecule has 1 heterocycles. The molecule has 0 atom stereocenters. The standard InChI is InChI=1S/C11H13BrO3/c1-2-15-10-5-8(3-4-9(10)12)11(13)6-14-7-11/h3-5,13H,2,6-7H2,1H3. The first-order valence-electron chi connectivity index (χ1n) is 4.88. The summed E-state index contributed by atoms with van der Waals surface area (Å²) in [5.74, 6) is 0.760. The molecule has 1 fully saturated rings. The van der Waals surface area contributed by atoms with Crippen molar-refractivity contribution in [2.24, 2.45) is 0 Å². The highest BCUT2D eigenvalue weighted by atomic mass is 79.9. The molecular formula is C11H13BrO3. The fraction of sp³-hybridized carbons (Fsp3) is 0.455. The van der Waals surface area contributed by atoms with Crippen molar-refractivity contribution in [3.05, 3.63) is 28.2 Å². The molecule has 0 aromatic heterocycles. The van der Waals surface area contributed by atoms with Crippen LogP contribution in [0.1, 0.15) is 12.5 Å². The molecule has 1 aromatic carbocycles. The van der Waals surface area contributed by atoms with Crippen molar-refractivity contribution >= 4 is 15.9 Å². The van der Waals surface area contributed by atoms with Gasteiger partial charge in [0.2, 0.25) is 0 Å². The Balaban J connectivity index is 2.29. The summed E-state index contributed by atoms with van der Waals surface area (Å²) in [4.78, 5) is 0. The lowest BCUT2D eigenvalue weighted by atomic mass is 9.92. The molecule has 1 aliphatic heterocycles. The van der Waals surface area contributed by atoms with Crippen LogP contribution in [0.25, 0.3) is 0 Å². The normalized spacial score (nSPS) is 18.3. The van der Waals surface area contributed by atoms with Crippen LogP contribution in [0.2, 0.25) is 0 Å². The first kappa shape index (κ1) is 10.9. The third kappa shape index (κ3) is 2.02. The molecule has 1 aromatic rings. The van der Waals surface area contributed by atoms with E-state index in [1.54, 1.807) is 0 Å². The quantitative estimate of drug-likeness (QED) is 0.916. The number of hydrogen-bond acceptors (Lipinski definition) is 3. The molecule has 0 amide bonds. The Kier molecular flexibility index (Phi) is 3.00. The van der Waals surface area contributed by atoms with E-state index in [0.717, 1.165) is 15.8 Å².